The van der Waals surface area contributed by atoms with Gasteiger partial charge in [-0.2, -0.15) is 0 Å². The van der Waals surface area contributed by atoms with Crippen LogP contribution < -0.4 is 15.5 Å². The summed E-state index contributed by atoms with van der Waals surface area (Å²) < 4.78 is 6.28. The molecule has 0 spiro atoms. The number of rotatable bonds is 6. The molecule has 134 valence electrons. The lowest BCUT2D eigenvalue weighted by atomic mass is 9.96. The quantitative estimate of drug-likeness (QED) is 0.513. The Morgan fingerprint density at radius 1 is 1.25 bits per heavy atom. The topological polar surface area (TPSA) is 80.6 Å². The summed E-state index contributed by atoms with van der Waals surface area (Å²) in [5.41, 5.74) is 0. The van der Waals surface area contributed by atoms with Gasteiger partial charge in [-0.25, -0.2) is 4.79 Å². The number of morpholine rings is 1. The molecule has 1 aromatic heterocycles. The summed E-state index contributed by atoms with van der Waals surface area (Å²) in [6, 6.07) is 0.143. The van der Waals surface area contributed by atoms with Gasteiger partial charge >= 0.3 is 6.03 Å². The minimum Gasteiger partial charge on any atom is -0.370 e. The van der Waals surface area contributed by atoms with E-state index in [0.717, 1.165) is 55.8 Å². The summed E-state index contributed by atoms with van der Waals surface area (Å²) in [7, 11) is 0. The van der Waals surface area contributed by atoms with Gasteiger partial charge < -0.3 is 15.0 Å². The summed E-state index contributed by atoms with van der Waals surface area (Å²) in [4.78, 5) is 13.6. The number of ether oxygens (including phenoxy) is 1. The Hall–Kier alpha value is -0.900. The van der Waals surface area contributed by atoms with Crippen molar-refractivity contribution in [1.29, 1.82) is 0 Å². The van der Waals surface area contributed by atoms with Crippen LogP contribution in [0.5, 0.6) is 0 Å². The van der Waals surface area contributed by atoms with Gasteiger partial charge in [0.2, 0.25) is 5.13 Å². The molecule has 0 radical (unpaired) electrons. The number of urea groups is 1. The van der Waals surface area contributed by atoms with Gasteiger partial charge in [0.15, 0.2) is 4.34 Å². The first-order valence-electron chi connectivity index (χ1n) is 8.75. The zero-order valence-corrected chi connectivity index (χ0v) is 15.5. The number of carbonyl (C=O) groups is 1. The van der Waals surface area contributed by atoms with Crippen molar-refractivity contribution in [2.45, 2.75) is 42.5 Å². The minimum atomic E-state index is -0.160. The summed E-state index contributed by atoms with van der Waals surface area (Å²) in [5.74, 6) is 1.01. The molecule has 0 aromatic carbocycles. The van der Waals surface area contributed by atoms with E-state index in [9.17, 15) is 4.79 Å². The van der Waals surface area contributed by atoms with E-state index in [-0.39, 0.29) is 6.03 Å². The molecular formula is C15H26N5O2S2+. The molecule has 1 saturated carbocycles. The van der Waals surface area contributed by atoms with Crippen molar-refractivity contribution in [3.8, 4) is 0 Å². The third-order valence-electron chi connectivity index (χ3n) is 4.45. The molecule has 7 nitrogen and oxygen atoms in total. The molecule has 1 aliphatic heterocycles. The SMILES string of the molecule is O=C(Nc1nnc(SCC[NH+]2CCOCC2)s1)NC1CCCCC1. The van der Waals surface area contributed by atoms with E-state index in [1.807, 2.05) is 0 Å². The van der Waals surface area contributed by atoms with Crippen LogP contribution in [0.1, 0.15) is 32.1 Å². The van der Waals surface area contributed by atoms with E-state index in [0.29, 0.717) is 11.2 Å². The molecule has 3 N–H and O–H groups in total. The van der Waals surface area contributed by atoms with Crippen LogP contribution in [-0.4, -0.2) is 60.9 Å². The number of quaternary nitrogens is 1. The number of anilines is 1. The highest BCUT2D eigenvalue weighted by Crippen LogP contribution is 2.25. The third-order valence-corrected chi connectivity index (χ3v) is 6.42. The fraction of sp³-hybridized carbons (Fsp3) is 0.800. The molecule has 0 unspecified atom stereocenters. The van der Waals surface area contributed by atoms with Gasteiger partial charge in [-0.3, -0.25) is 5.32 Å². The number of nitrogens with one attached hydrogen (secondary N) is 3. The first-order valence-corrected chi connectivity index (χ1v) is 10.5. The van der Waals surface area contributed by atoms with Crippen molar-refractivity contribution >= 4 is 34.3 Å². The van der Waals surface area contributed by atoms with E-state index in [4.69, 9.17) is 4.74 Å². The average molecular weight is 373 g/mol. The summed E-state index contributed by atoms with van der Waals surface area (Å²) in [6.45, 7) is 5.01. The highest BCUT2D eigenvalue weighted by Gasteiger charge is 2.17. The molecular weight excluding hydrogens is 346 g/mol. The minimum absolute atomic E-state index is 0.160. The first-order chi connectivity index (χ1) is 11.8. The fourth-order valence-electron chi connectivity index (χ4n) is 3.08. The number of thioether (sulfide) groups is 1. The Kier molecular flexibility index (Phi) is 7.13. The van der Waals surface area contributed by atoms with Crippen molar-refractivity contribution in [1.82, 2.24) is 15.5 Å². The molecule has 2 amide bonds. The van der Waals surface area contributed by atoms with Gasteiger partial charge in [0.25, 0.3) is 0 Å². The zero-order valence-electron chi connectivity index (χ0n) is 13.9. The van der Waals surface area contributed by atoms with Crippen molar-refractivity contribution in [3.05, 3.63) is 0 Å². The largest absolute Gasteiger partial charge is 0.370 e. The van der Waals surface area contributed by atoms with Gasteiger partial charge in [-0.05, 0) is 12.8 Å². The van der Waals surface area contributed by atoms with Gasteiger partial charge in [-0.15, -0.1) is 10.2 Å². The lowest BCUT2D eigenvalue weighted by molar-refractivity contribution is -0.905. The predicted octanol–water partition coefficient (Wildman–Crippen LogP) is 0.999. The molecule has 1 saturated heterocycles. The second-order valence-corrected chi connectivity index (χ2v) is 8.59. The van der Waals surface area contributed by atoms with Crippen molar-refractivity contribution in [2.24, 2.45) is 0 Å². The molecule has 2 aliphatic rings. The van der Waals surface area contributed by atoms with E-state index in [1.165, 1.54) is 30.6 Å². The van der Waals surface area contributed by atoms with Gasteiger partial charge in [0, 0.05) is 11.8 Å². The number of aromatic nitrogens is 2. The highest BCUT2D eigenvalue weighted by molar-refractivity contribution is 8.01. The molecule has 0 bridgehead atoms. The molecule has 2 heterocycles. The fourth-order valence-corrected chi connectivity index (χ4v) is 4.94. The van der Waals surface area contributed by atoms with Crippen molar-refractivity contribution in [3.63, 3.8) is 0 Å². The Morgan fingerprint density at radius 2 is 2.04 bits per heavy atom. The molecule has 1 aliphatic carbocycles. The Bertz CT molecular complexity index is 516. The lowest BCUT2D eigenvalue weighted by Crippen LogP contribution is -3.14. The molecule has 1 aromatic rings. The third kappa shape index (κ3) is 5.87. The molecule has 2 fully saturated rings. The Labute approximate surface area is 150 Å². The first kappa shape index (κ1) is 17.9. The second-order valence-electron chi connectivity index (χ2n) is 6.27. The molecule has 9 heteroatoms. The highest BCUT2D eigenvalue weighted by atomic mass is 32.2. The number of hydrogen-bond acceptors (Lipinski definition) is 6. The van der Waals surface area contributed by atoms with Crippen LogP contribution in [-0.2, 0) is 4.74 Å². The van der Waals surface area contributed by atoms with E-state index < -0.39 is 0 Å². The number of nitrogens with zero attached hydrogens (tertiary/aromatic N) is 2. The number of amides is 2. The standard InChI is InChI=1S/C15H25N5O2S2/c21-13(16-12-4-2-1-3-5-12)17-14-18-19-15(24-14)23-11-8-20-6-9-22-10-7-20/h12H,1-11H2,(H2,16,17,18,21)/p+1. The number of hydrogen-bond donors (Lipinski definition) is 3. The normalized spacial score (nSPS) is 20.0. The Balaban J connectivity index is 1.35. The van der Waals surface area contributed by atoms with E-state index in [1.54, 1.807) is 16.7 Å². The second kappa shape index (κ2) is 9.55. The van der Waals surface area contributed by atoms with Gasteiger partial charge in [0.1, 0.15) is 13.1 Å². The van der Waals surface area contributed by atoms with Crippen LogP contribution in [0, 0.1) is 0 Å². The van der Waals surface area contributed by atoms with E-state index >= 15 is 0 Å². The summed E-state index contributed by atoms with van der Waals surface area (Å²) in [6.07, 6.45) is 5.84. The predicted molar refractivity (Wildman–Crippen MR) is 96.0 cm³/mol. The smallest absolute Gasteiger partial charge is 0.321 e. The number of carbonyl (C=O) groups excluding carboxylic acids is 1. The Morgan fingerprint density at radius 3 is 2.83 bits per heavy atom. The van der Waals surface area contributed by atoms with E-state index in [2.05, 4.69) is 20.8 Å². The lowest BCUT2D eigenvalue weighted by Gasteiger charge is -2.23. The molecule has 24 heavy (non-hydrogen) atoms. The van der Waals surface area contributed by atoms with Crippen LogP contribution in [0.25, 0.3) is 0 Å². The van der Waals surface area contributed by atoms with Crippen LogP contribution in [0.4, 0.5) is 9.93 Å². The maximum atomic E-state index is 12.0. The zero-order chi connectivity index (χ0) is 16.6. The molecule has 3 rings (SSSR count). The van der Waals surface area contributed by atoms with Crippen LogP contribution in [0.2, 0.25) is 0 Å². The monoisotopic (exact) mass is 372 g/mol. The molecule has 0 atom stereocenters. The summed E-state index contributed by atoms with van der Waals surface area (Å²) >= 11 is 3.15. The van der Waals surface area contributed by atoms with Crippen molar-refractivity contribution < 1.29 is 14.4 Å². The van der Waals surface area contributed by atoms with Crippen LogP contribution in [0.15, 0.2) is 4.34 Å². The summed E-state index contributed by atoms with van der Waals surface area (Å²) in [5, 5.41) is 14.6. The van der Waals surface area contributed by atoms with Gasteiger partial charge in [0.05, 0.1) is 19.8 Å². The van der Waals surface area contributed by atoms with Crippen LogP contribution >= 0.6 is 23.1 Å². The maximum absolute atomic E-state index is 12.0. The van der Waals surface area contributed by atoms with Gasteiger partial charge in [-0.1, -0.05) is 42.4 Å². The van der Waals surface area contributed by atoms with Crippen molar-refractivity contribution in [2.75, 3.05) is 43.9 Å². The maximum Gasteiger partial charge on any atom is 0.321 e. The van der Waals surface area contributed by atoms with Crippen LogP contribution in [0.3, 0.4) is 0 Å². The average Bonchev–Trinajstić information content (AvgIpc) is 3.04.